The largest absolute Gasteiger partial charge is 0.491 e. The Bertz CT molecular complexity index is 512. The van der Waals surface area contributed by atoms with Crippen molar-refractivity contribution in [2.75, 3.05) is 6.61 Å². The van der Waals surface area contributed by atoms with E-state index in [1.165, 1.54) is 29.2 Å². The van der Waals surface area contributed by atoms with Gasteiger partial charge in [0.2, 0.25) is 0 Å². The number of hydrogen-bond donors (Lipinski definition) is 1. The van der Waals surface area contributed by atoms with Gasteiger partial charge in [0.25, 0.3) is 0 Å². The summed E-state index contributed by atoms with van der Waals surface area (Å²) in [6.07, 6.45) is -0.306. The molecule has 1 aliphatic heterocycles. The quantitative estimate of drug-likeness (QED) is 0.932. The molecular formula is C16H22FNO4. The van der Waals surface area contributed by atoms with Crippen molar-refractivity contribution in [3.8, 4) is 5.75 Å². The van der Waals surface area contributed by atoms with Gasteiger partial charge in [-0.1, -0.05) is 0 Å². The molecule has 1 unspecified atom stereocenters. The van der Waals surface area contributed by atoms with Gasteiger partial charge in [0, 0.05) is 0 Å². The Morgan fingerprint density at radius 2 is 1.95 bits per heavy atom. The molecule has 1 aromatic rings. The van der Waals surface area contributed by atoms with Crippen molar-refractivity contribution in [1.82, 2.24) is 4.90 Å². The molecule has 122 valence electrons. The molecule has 1 N–H and O–H groups in total. The highest BCUT2D eigenvalue weighted by Gasteiger charge is 2.38. The second-order valence-electron chi connectivity index (χ2n) is 6.36. The Balaban J connectivity index is 1.97. The number of carbonyl (C=O) groups excluding carboxylic acids is 1. The third kappa shape index (κ3) is 4.34. The molecule has 1 fully saturated rings. The third-order valence-corrected chi connectivity index (χ3v) is 3.33. The number of benzene rings is 1. The predicted octanol–water partition coefficient (Wildman–Crippen LogP) is 2.92. The lowest BCUT2D eigenvalue weighted by molar-refractivity contribution is -0.0290. The van der Waals surface area contributed by atoms with Crippen LogP contribution in [0.5, 0.6) is 5.75 Å². The van der Waals surface area contributed by atoms with Crippen molar-refractivity contribution in [3.63, 3.8) is 0 Å². The summed E-state index contributed by atoms with van der Waals surface area (Å²) in [5.74, 6) is 0.186. The van der Waals surface area contributed by atoms with Crippen molar-refractivity contribution in [2.24, 2.45) is 0 Å². The molecule has 0 aliphatic carbocycles. The maximum atomic E-state index is 12.8. The topological polar surface area (TPSA) is 59.0 Å². The highest BCUT2D eigenvalue weighted by atomic mass is 19.1. The number of ether oxygens (including phenoxy) is 2. The maximum Gasteiger partial charge on any atom is 0.412 e. The van der Waals surface area contributed by atoms with E-state index in [-0.39, 0.29) is 18.5 Å². The van der Waals surface area contributed by atoms with Crippen molar-refractivity contribution in [3.05, 3.63) is 30.1 Å². The number of rotatable bonds is 3. The van der Waals surface area contributed by atoms with Gasteiger partial charge in [-0.25, -0.2) is 9.18 Å². The average molecular weight is 311 g/mol. The summed E-state index contributed by atoms with van der Waals surface area (Å²) in [5, 5.41) is 9.98. The molecule has 0 radical (unpaired) electrons. The lowest BCUT2D eigenvalue weighted by Gasteiger charge is -2.30. The van der Waals surface area contributed by atoms with Gasteiger partial charge in [-0.3, -0.25) is 4.90 Å². The molecule has 1 saturated heterocycles. The molecule has 6 heteroatoms. The number of aliphatic hydroxyl groups excluding tert-OH is 1. The lowest BCUT2D eigenvalue weighted by Crippen LogP contribution is -2.46. The van der Waals surface area contributed by atoms with E-state index in [0.717, 1.165) is 0 Å². The second-order valence-corrected chi connectivity index (χ2v) is 6.36. The van der Waals surface area contributed by atoms with Gasteiger partial charge >= 0.3 is 6.09 Å². The third-order valence-electron chi connectivity index (χ3n) is 3.33. The second kappa shape index (κ2) is 6.52. The average Bonchev–Trinajstić information content (AvgIpc) is 2.77. The van der Waals surface area contributed by atoms with Crippen LogP contribution in [-0.2, 0) is 4.74 Å². The number of nitrogens with zero attached hydrogens (tertiary/aromatic N) is 1. The fraction of sp³-hybridized carbons (Fsp3) is 0.562. The zero-order chi connectivity index (χ0) is 16.3. The summed E-state index contributed by atoms with van der Waals surface area (Å²) in [5.41, 5.74) is -0.623. The smallest absolute Gasteiger partial charge is 0.412 e. The van der Waals surface area contributed by atoms with E-state index < -0.39 is 17.9 Å². The highest BCUT2D eigenvalue weighted by molar-refractivity contribution is 5.69. The first-order valence-electron chi connectivity index (χ1n) is 7.34. The maximum absolute atomic E-state index is 12.8. The summed E-state index contributed by atoms with van der Waals surface area (Å²) >= 11 is 0. The first kappa shape index (κ1) is 16.5. The zero-order valence-corrected chi connectivity index (χ0v) is 13.1. The van der Waals surface area contributed by atoms with Crippen LogP contribution < -0.4 is 4.74 Å². The molecule has 1 heterocycles. The SMILES string of the molecule is CC(C)(C)OC(=O)N1C(O)CC[C@H]1COc1ccc(F)cc1. The summed E-state index contributed by atoms with van der Waals surface area (Å²) in [6.45, 7) is 5.55. The zero-order valence-electron chi connectivity index (χ0n) is 13.1. The Hall–Kier alpha value is -1.82. The van der Waals surface area contributed by atoms with Gasteiger partial charge in [-0.2, -0.15) is 0 Å². The fourth-order valence-electron chi connectivity index (χ4n) is 2.34. The van der Waals surface area contributed by atoms with E-state index >= 15 is 0 Å². The summed E-state index contributed by atoms with van der Waals surface area (Å²) in [7, 11) is 0. The van der Waals surface area contributed by atoms with Gasteiger partial charge in [-0.05, 0) is 57.9 Å². The molecule has 2 rings (SSSR count). The molecule has 1 aromatic carbocycles. The van der Waals surface area contributed by atoms with Crippen LogP contribution in [0.15, 0.2) is 24.3 Å². The fourth-order valence-corrected chi connectivity index (χ4v) is 2.34. The molecule has 0 saturated carbocycles. The Morgan fingerprint density at radius 3 is 2.55 bits per heavy atom. The molecular weight excluding hydrogens is 289 g/mol. The molecule has 0 aromatic heterocycles. The van der Waals surface area contributed by atoms with E-state index in [0.29, 0.717) is 18.6 Å². The van der Waals surface area contributed by atoms with Crippen LogP contribution in [0, 0.1) is 5.82 Å². The first-order valence-corrected chi connectivity index (χ1v) is 7.34. The van der Waals surface area contributed by atoms with Crippen molar-refractivity contribution < 1.29 is 23.8 Å². The van der Waals surface area contributed by atoms with Crippen LogP contribution in [0.2, 0.25) is 0 Å². The van der Waals surface area contributed by atoms with Crippen LogP contribution in [0.25, 0.3) is 0 Å². The van der Waals surface area contributed by atoms with E-state index in [2.05, 4.69) is 0 Å². The van der Waals surface area contributed by atoms with E-state index in [4.69, 9.17) is 9.47 Å². The molecule has 1 amide bonds. The summed E-state index contributed by atoms with van der Waals surface area (Å²) in [6, 6.07) is 5.40. The minimum Gasteiger partial charge on any atom is -0.491 e. The molecule has 5 nitrogen and oxygen atoms in total. The Kier molecular flexibility index (Phi) is 4.90. The van der Waals surface area contributed by atoms with E-state index in [9.17, 15) is 14.3 Å². The summed E-state index contributed by atoms with van der Waals surface area (Å²) in [4.78, 5) is 13.5. The molecule has 1 aliphatic rings. The highest BCUT2D eigenvalue weighted by Crippen LogP contribution is 2.26. The van der Waals surface area contributed by atoms with Crippen molar-refractivity contribution in [1.29, 1.82) is 0 Å². The standard InChI is InChI=1S/C16H22FNO4/c1-16(2,3)22-15(20)18-12(6-9-14(18)19)10-21-13-7-4-11(17)5-8-13/h4-5,7-8,12,14,19H,6,9-10H2,1-3H3/t12-,14?/m0/s1. The predicted molar refractivity (Wildman–Crippen MR) is 79.0 cm³/mol. The normalized spacial score (nSPS) is 21.8. The lowest BCUT2D eigenvalue weighted by atomic mass is 10.2. The van der Waals surface area contributed by atoms with Gasteiger partial charge in [-0.15, -0.1) is 0 Å². The van der Waals surface area contributed by atoms with Crippen LogP contribution >= 0.6 is 0 Å². The minimum atomic E-state index is -0.864. The van der Waals surface area contributed by atoms with Gasteiger partial charge in [0.15, 0.2) is 0 Å². The van der Waals surface area contributed by atoms with E-state index in [1.54, 1.807) is 20.8 Å². The van der Waals surface area contributed by atoms with Crippen LogP contribution in [0.4, 0.5) is 9.18 Å². The van der Waals surface area contributed by atoms with Crippen LogP contribution in [0.3, 0.4) is 0 Å². The first-order chi connectivity index (χ1) is 10.3. The van der Waals surface area contributed by atoms with Crippen LogP contribution in [0.1, 0.15) is 33.6 Å². The number of halogens is 1. The summed E-state index contributed by atoms with van der Waals surface area (Å²) < 4.78 is 23.7. The molecule has 2 atom stereocenters. The Labute approximate surface area is 129 Å². The van der Waals surface area contributed by atoms with Gasteiger partial charge in [0.05, 0.1) is 6.04 Å². The number of amides is 1. The van der Waals surface area contributed by atoms with Crippen LogP contribution in [-0.4, -0.2) is 40.6 Å². The molecule has 0 bridgehead atoms. The number of likely N-dealkylation sites (tertiary alicyclic amines) is 1. The van der Waals surface area contributed by atoms with Crippen molar-refractivity contribution >= 4 is 6.09 Å². The van der Waals surface area contributed by atoms with E-state index in [1.807, 2.05) is 0 Å². The van der Waals surface area contributed by atoms with Gasteiger partial charge < -0.3 is 14.6 Å². The Morgan fingerprint density at radius 1 is 1.32 bits per heavy atom. The monoisotopic (exact) mass is 311 g/mol. The van der Waals surface area contributed by atoms with Gasteiger partial charge in [0.1, 0.15) is 30.0 Å². The number of hydrogen-bond acceptors (Lipinski definition) is 4. The molecule has 0 spiro atoms. The minimum absolute atomic E-state index is 0.224. The molecule has 22 heavy (non-hydrogen) atoms. The number of aliphatic hydroxyl groups is 1. The number of carbonyl (C=O) groups is 1. The van der Waals surface area contributed by atoms with Crippen molar-refractivity contribution in [2.45, 2.75) is 51.5 Å².